The molecule has 0 spiro atoms. The highest BCUT2D eigenvalue weighted by atomic mass is 16.7. The van der Waals surface area contributed by atoms with Crippen molar-refractivity contribution in [3.05, 3.63) is 22.3 Å². The van der Waals surface area contributed by atoms with Crippen LogP contribution >= 0.6 is 0 Å². The monoisotopic (exact) mass is 364 g/mol. The Labute approximate surface area is 153 Å². The minimum absolute atomic E-state index is 0.102. The van der Waals surface area contributed by atoms with Gasteiger partial charge in [-0.05, 0) is 75.0 Å². The maximum atomic E-state index is 10.8. The lowest BCUT2D eigenvalue weighted by atomic mass is 9.72. The Kier molecular flexibility index (Phi) is 4.63. The van der Waals surface area contributed by atoms with Gasteiger partial charge in [-0.1, -0.05) is 0 Å². The van der Waals surface area contributed by atoms with Gasteiger partial charge < -0.3 is 29.9 Å². The first-order chi connectivity index (χ1) is 12.4. The molecule has 3 aliphatic rings. The molecule has 0 bridgehead atoms. The van der Waals surface area contributed by atoms with Gasteiger partial charge >= 0.3 is 0 Å². The minimum Gasteiger partial charge on any atom is -0.504 e. The van der Waals surface area contributed by atoms with Crippen molar-refractivity contribution in [2.24, 2.45) is 0 Å². The lowest BCUT2D eigenvalue weighted by molar-refractivity contribution is -0.268. The predicted molar refractivity (Wildman–Crippen MR) is 94.4 cm³/mol. The number of rotatable bonds is 2. The van der Waals surface area contributed by atoms with Crippen LogP contribution < -0.4 is 4.74 Å². The third kappa shape index (κ3) is 2.71. The van der Waals surface area contributed by atoms with E-state index in [4.69, 9.17) is 9.47 Å². The molecular weight excluding hydrogens is 336 g/mol. The van der Waals surface area contributed by atoms with Crippen LogP contribution in [0.4, 0.5) is 0 Å². The van der Waals surface area contributed by atoms with Crippen LogP contribution in [-0.2, 0) is 17.6 Å². The minimum atomic E-state index is -1.39. The van der Waals surface area contributed by atoms with Crippen molar-refractivity contribution in [2.75, 3.05) is 0 Å². The maximum absolute atomic E-state index is 10.8. The van der Waals surface area contributed by atoms with Gasteiger partial charge in [0.15, 0.2) is 11.5 Å². The molecule has 0 saturated carbocycles. The van der Waals surface area contributed by atoms with E-state index in [9.17, 15) is 20.4 Å². The van der Waals surface area contributed by atoms with E-state index in [1.54, 1.807) is 6.92 Å². The van der Waals surface area contributed by atoms with Crippen LogP contribution in [0.15, 0.2) is 0 Å². The molecule has 6 heteroatoms. The van der Waals surface area contributed by atoms with E-state index in [2.05, 4.69) is 0 Å². The highest BCUT2D eigenvalue weighted by Crippen LogP contribution is 2.50. The molecule has 4 N–H and O–H groups in total. The van der Waals surface area contributed by atoms with Crippen molar-refractivity contribution >= 4 is 0 Å². The van der Waals surface area contributed by atoms with Crippen molar-refractivity contribution in [3.8, 4) is 11.5 Å². The zero-order chi connectivity index (χ0) is 18.6. The molecule has 6 atom stereocenters. The quantitative estimate of drug-likeness (QED) is 0.637. The van der Waals surface area contributed by atoms with E-state index >= 15 is 0 Å². The Bertz CT molecular complexity index is 700. The summed E-state index contributed by atoms with van der Waals surface area (Å²) in [4.78, 5) is 0. The van der Waals surface area contributed by atoms with Crippen LogP contribution in [0, 0.1) is 6.92 Å². The normalized spacial score (nSPS) is 36.5. The Morgan fingerprint density at radius 2 is 1.62 bits per heavy atom. The van der Waals surface area contributed by atoms with Gasteiger partial charge in [-0.3, -0.25) is 0 Å². The van der Waals surface area contributed by atoms with Crippen molar-refractivity contribution in [3.63, 3.8) is 0 Å². The first-order valence-electron chi connectivity index (χ1n) is 9.63. The second-order valence-electron chi connectivity index (χ2n) is 7.95. The topological polar surface area (TPSA) is 99.4 Å². The molecule has 4 rings (SSSR count). The highest BCUT2D eigenvalue weighted by molar-refractivity contribution is 5.61. The maximum Gasteiger partial charge on any atom is 0.229 e. The average molecular weight is 364 g/mol. The van der Waals surface area contributed by atoms with Gasteiger partial charge in [-0.25, -0.2) is 0 Å². The largest absolute Gasteiger partial charge is 0.504 e. The molecule has 1 fully saturated rings. The molecule has 144 valence electrons. The number of aliphatic hydroxyl groups is 3. The molecule has 6 nitrogen and oxygen atoms in total. The highest BCUT2D eigenvalue weighted by Gasteiger charge is 2.44. The molecule has 1 unspecified atom stereocenters. The Balaban J connectivity index is 1.73. The second-order valence-corrected chi connectivity index (χ2v) is 7.95. The molecule has 0 radical (unpaired) electrons. The zero-order valence-corrected chi connectivity index (χ0v) is 15.3. The van der Waals surface area contributed by atoms with Gasteiger partial charge in [0, 0.05) is 5.56 Å². The summed E-state index contributed by atoms with van der Waals surface area (Å²) in [5, 5.41) is 41.0. The summed E-state index contributed by atoms with van der Waals surface area (Å²) in [6.07, 6.45) is 0.585. The van der Waals surface area contributed by atoms with Crippen LogP contribution in [0.2, 0.25) is 0 Å². The molecule has 1 aliphatic heterocycles. The van der Waals surface area contributed by atoms with Gasteiger partial charge in [0.1, 0.15) is 18.3 Å². The Hall–Kier alpha value is -1.34. The van der Waals surface area contributed by atoms with Gasteiger partial charge in [0.25, 0.3) is 0 Å². The van der Waals surface area contributed by atoms with Crippen molar-refractivity contribution < 1.29 is 29.9 Å². The first-order valence-corrected chi connectivity index (χ1v) is 9.63. The Morgan fingerprint density at radius 1 is 0.962 bits per heavy atom. The summed E-state index contributed by atoms with van der Waals surface area (Å²) >= 11 is 0. The number of aliphatic hydroxyl groups excluding tert-OH is 3. The van der Waals surface area contributed by atoms with Crippen molar-refractivity contribution in [2.45, 2.75) is 89.0 Å². The number of hydrogen-bond acceptors (Lipinski definition) is 6. The van der Waals surface area contributed by atoms with Crippen LogP contribution in [0.3, 0.4) is 0 Å². The summed E-state index contributed by atoms with van der Waals surface area (Å²) in [6.45, 7) is 3.53. The molecule has 26 heavy (non-hydrogen) atoms. The third-order valence-corrected chi connectivity index (χ3v) is 6.36. The number of aromatic hydroxyl groups is 1. The number of benzene rings is 1. The molecule has 1 aromatic carbocycles. The second kappa shape index (κ2) is 6.68. The van der Waals surface area contributed by atoms with Crippen LogP contribution in [0.5, 0.6) is 11.5 Å². The van der Waals surface area contributed by atoms with E-state index in [-0.39, 0.29) is 5.75 Å². The van der Waals surface area contributed by atoms with Gasteiger partial charge in [0.2, 0.25) is 6.29 Å². The third-order valence-electron chi connectivity index (χ3n) is 6.36. The molecule has 1 aromatic rings. The molecular formula is C20H28O6. The summed E-state index contributed by atoms with van der Waals surface area (Å²) < 4.78 is 11.5. The molecule has 2 aliphatic carbocycles. The number of phenols is 1. The van der Waals surface area contributed by atoms with Crippen molar-refractivity contribution in [1.29, 1.82) is 0 Å². The summed E-state index contributed by atoms with van der Waals surface area (Å²) in [5.41, 5.74) is 4.41. The molecule has 0 aromatic heterocycles. The Morgan fingerprint density at radius 3 is 2.31 bits per heavy atom. The van der Waals surface area contributed by atoms with Gasteiger partial charge in [-0.15, -0.1) is 0 Å². The van der Waals surface area contributed by atoms with Crippen molar-refractivity contribution in [1.82, 2.24) is 0 Å². The fraction of sp³-hybridized carbons (Fsp3) is 0.700. The smallest absolute Gasteiger partial charge is 0.229 e. The van der Waals surface area contributed by atoms with E-state index in [1.807, 2.05) is 6.92 Å². The summed E-state index contributed by atoms with van der Waals surface area (Å²) in [7, 11) is 0. The van der Waals surface area contributed by atoms with E-state index in [0.29, 0.717) is 11.7 Å². The fourth-order valence-corrected chi connectivity index (χ4v) is 4.86. The lowest BCUT2D eigenvalue weighted by Crippen LogP contribution is -2.58. The summed E-state index contributed by atoms with van der Waals surface area (Å²) in [5.74, 6) is 0.978. The van der Waals surface area contributed by atoms with Gasteiger partial charge in [-0.2, -0.15) is 0 Å². The molecule has 1 heterocycles. The average Bonchev–Trinajstić information content (AvgIpc) is 2.65. The van der Waals surface area contributed by atoms with Crippen LogP contribution in [0.1, 0.15) is 60.8 Å². The van der Waals surface area contributed by atoms with Crippen LogP contribution in [0.25, 0.3) is 0 Å². The number of ether oxygens (including phenoxy) is 2. The lowest BCUT2D eigenvalue weighted by Gasteiger charge is -2.40. The van der Waals surface area contributed by atoms with Gasteiger partial charge in [0.05, 0.1) is 6.10 Å². The molecule has 1 saturated heterocycles. The number of phenolic OH excluding ortho intramolecular Hbond substituents is 1. The number of hydrogen-bond donors (Lipinski definition) is 4. The van der Waals surface area contributed by atoms with E-state index in [1.165, 1.54) is 11.1 Å². The molecule has 0 amide bonds. The van der Waals surface area contributed by atoms with E-state index in [0.717, 1.165) is 49.7 Å². The zero-order valence-electron chi connectivity index (χ0n) is 15.3. The van der Waals surface area contributed by atoms with E-state index < -0.39 is 30.7 Å². The SMILES string of the molecule is Cc1c(O)c(O[C@@H]2O[C@@H](C)[C@@H](O)[C@@H](O)[C@@H]2O)c2c3c1CCCC3CCC2. The van der Waals surface area contributed by atoms with Crippen LogP contribution in [-0.4, -0.2) is 51.1 Å². The predicted octanol–water partition coefficient (Wildman–Crippen LogP) is 1.66. The fourth-order valence-electron chi connectivity index (χ4n) is 4.86. The first kappa shape index (κ1) is 18.0. The summed E-state index contributed by atoms with van der Waals surface area (Å²) in [6, 6.07) is 0. The standard InChI is InChI=1S/C20H28O6/c1-9-12-7-3-5-11-6-4-8-13(14(11)12)19(15(9)21)26-20-18(24)17(23)16(22)10(2)25-20/h10-11,16-18,20-24H,3-8H2,1-2H3/t10-,11?,16+,17+,18-,20-/m0/s1.